The van der Waals surface area contributed by atoms with Crippen molar-refractivity contribution in [3.05, 3.63) is 59.0 Å². The molecule has 2 aromatic carbocycles. The number of rotatable bonds is 7. The molecular weight excluding hydrogens is 363 g/mol. The summed E-state index contributed by atoms with van der Waals surface area (Å²) >= 11 is 0. The average Bonchev–Trinajstić information content (AvgIpc) is 3.06. The molecule has 0 fully saturated rings. The molecule has 2 aromatic rings. The largest absolute Gasteiger partial charge is 0.496 e. The van der Waals surface area contributed by atoms with Crippen molar-refractivity contribution < 1.29 is 23.4 Å². The van der Waals surface area contributed by atoms with E-state index < -0.39 is 0 Å². The lowest BCUT2D eigenvalue weighted by Crippen LogP contribution is -2.24. The highest BCUT2D eigenvalue weighted by Crippen LogP contribution is 2.36. The van der Waals surface area contributed by atoms with Crippen LogP contribution in [-0.2, 0) is 11.2 Å². The molecule has 0 radical (unpaired) electrons. The minimum Gasteiger partial charge on any atom is -0.496 e. The summed E-state index contributed by atoms with van der Waals surface area (Å²) < 4.78 is 29.7. The molecule has 0 bridgehead atoms. The summed E-state index contributed by atoms with van der Waals surface area (Å²) in [6.07, 6.45) is 2.48. The fourth-order valence-electron chi connectivity index (χ4n) is 2.90. The summed E-state index contributed by atoms with van der Waals surface area (Å²) in [7, 11) is 4.59. The molecule has 3 rings (SSSR count). The maximum Gasteiger partial charge on any atom is 0.275 e. The van der Waals surface area contributed by atoms with Gasteiger partial charge in [0, 0.05) is 18.1 Å². The normalized spacial score (nSPS) is 14.6. The number of nitrogens with zero attached hydrogens (tertiary/aromatic N) is 1. The van der Waals surface area contributed by atoms with Crippen LogP contribution in [0.4, 0.5) is 4.39 Å². The highest BCUT2D eigenvalue weighted by molar-refractivity contribution is 6.14. The molecular formula is C21H21FN2O4. The molecule has 1 heterocycles. The fourth-order valence-corrected chi connectivity index (χ4v) is 2.90. The molecule has 0 aliphatic carbocycles. The molecule has 7 heteroatoms. The van der Waals surface area contributed by atoms with Gasteiger partial charge in [0.05, 0.1) is 21.3 Å². The Morgan fingerprint density at radius 2 is 1.68 bits per heavy atom. The second-order valence-corrected chi connectivity index (χ2v) is 6.08. The maximum absolute atomic E-state index is 13.7. The van der Waals surface area contributed by atoms with E-state index in [1.54, 1.807) is 36.4 Å². The second-order valence-electron chi connectivity index (χ2n) is 6.08. The molecule has 28 heavy (non-hydrogen) atoms. The van der Waals surface area contributed by atoms with Gasteiger partial charge in [0.2, 0.25) is 0 Å². The van der Waals surface area contributed by atoms with Crippen molar-refractivity contribution in [1.82, 2.24) is 5.32 Å². The minimum absolute atomic E-state index is 0.244. The van der Waals surface area contributed by atoms with Crippen LogP contribution in [0.15, 0.2) is 47.1 Å². The zero-order valence-corrected chi connectivity index (χ0v) is 15.9. The van der Waals surface area contributed by atoms with Gasteiger partial charge in [0.15, 0.2) is 11.5 Å². The highest BCUT2D eigenvalue weighted by Gasteiger charge is 2.21. The van der Waals surface area contributed by atoms with Crippen molar-refractivity contribution in [3.8, 4) is 17.2 Å². The summed E-state index contributed by atoms with van der Waals surface area (Å²) in [5, 5.41) is 2.73. The lowest BCUT2D eigenvalue weighted by molar-refractivity contribution is -0.115. The number of halogens is 1. The van der Waals surface area contributed by atoms with Gasteiger partial charge in [0.25, 0.3) is 5.91 Å². The topological polar surface area (TPSA) is 69.2 Å². The average molecular weight is 384 g/mol. The summed E-state index contributed by atoms with van der Waals surface area (Å²) in [5.41, 5.74) is 1.46. The van der Waals surface area contributed by atoms with E-state index in [0.29, 0.717) is 47.1 Å². The van der Waals surface area contributed by atoms with Crippen LogP contribution >= 0.6 is 0 Å². The Kier molecular flexibility index (Phi) is 5.93. The predicted octanol–water partition coefficient (Wildman–Crippen LogP) is 3.35. The fraction of sp³-hybridized carbons (Fsp3) is 0.238. The van der Waals surface area contributed by atoms with Crippen molar-refractivity contribution in [3.63, 3.8) is 0 Å². The molecule has 146 valence electrons. The number of benzene rings is 2. The first kappa shape index (κ1) is 19.4. The molecule has 1 aliphatic rings. The van der Waals surface area contributed by atoms with Crippen LogP contribution in [-0.4, -0.2) is 33.1 Å². The molecule has 1 amide bonds. The highest BCUT2D eigenvalue weighted by atomic mass is 19.1. The van der Waals surface area contributed by atoms with Crippen molar-refractivity contribution >= 4 is 17.8 Å². The van der Waals surface area contributed by atoms with Gasteiger partial charge in [-0.25, -0.2) is 9.38 Å². The maximum atomic E-state index is 13.7. The zero-order valence-electron chi connectivity index (χ0n) is 15.9. The molecule has 0 spiro atoms. The lowest BCUT2D eigenvalue weighted by Gasteiger charge is -2.12. The Morgan fingerprint density at radius 1 is 1.00 bits per heavy atom. The van der Waals surface area contributed by atoms with Crippen molar-refractivity contribution in [2.24, 2.45) is 4.99 Å². The molecule has 1 aliphatic heterocycles. The quantitative estimate of drug-likeness (QED) is 0.744. The number of nitrogens with one attached hydrogen (secondary N) is 1. The minimum atomic E-state index is -0.319. The van der Waals surface area contributed by atoms with Crippen LogP contribution in [0.1, 0.15) is 17.5 Å². The molecule has 6 nitrogen and oxygen atoms in total. The van der Waals surface area contributed by atoms with Crippen LogP contribution in [0, 0.1) is 5.82 Å². The van der Waals surface area contributed by atoms with Gasteiger partial charge in [-0.1, -0.05) is 18.2 Å². The van der Waals surface area contributed by atoms with Crippen LogP contribution in [0.5, 0.6) is 17.2 Å². The van der Waals surface area contributed by atoms with Crippen molar-refractivity contribution in [1.29, 1.82) is 0 Å². The van der Waals surface area contributed by atoms with E-state index in [-0.39, 0.29) is 17.4 Å². The zero-order chi connectivity index (χ0) is 20.1. The van der Waals surface area contributed by atoms with Gasteiger partial charge >= 0.3 is 0 Å². The van der Waals surface area contributed by atoms with E-state index in [1.165, 1.54) is 27.4 Å². The van der Waals surface area contributed by atoms with E-state index in [4.69, 9.17) is 14.2 Å². The van der Waals surface area contributed by atoms with Gasteiger partial charge in [0.1, 0.15) is 23.1 Å². The molecule has 0 atom stereocenters. The summed E-state index contributed by atoms with van der Waals surface area (Å²) in [5.74, 6) is 1.47. The molecule has 0 saturated carbocycles. The molecule has 0 aromatic heterocycles. The first-order valence-corrected chi connectivity index (χ1v) is 8.69. The third-order valence-electron chi connectivity index (χ3n) is 4.36. The smallest absolute Gasteiger partial charge is 0.275 e. The number of aliphatic imine (C=N–C) groups is 1. The Hall–Kier alpha value is -3.35. The lowest BCUT2D eigenvalue weighted by atomic mass is 10.1. The van der Waals surface area contributed by atoms with Gasteiger partial charge in [-0.15, -0.1) is 0 Å². The van der Waals surface area contributed by atoms with Gasteiger partial charge < -0.3 is 19.5 Å². The number of ether oxygens (including phenoxy) is 3. The Bertz CT molecular complexity index is 953. The number of aryl methyl sites for hydroxylation is 1. The monoisotopic (exact) mass is 384 g/mol. The SMILES string of the molecule is COc1cc(OC)c(OC)cc1/C=C1\N=C(CCc2ccccc2F)NC1=O. The van der Waals surface area contributed by atoms with E-state index in [0.717, 1.165) is 0 Å². The first-order valence-electron chi connectivity index (χ1n) is 8.69. The summed E-state index contributed by atoms with van der Waals surface area (Å²) in [4.78, 5) is 16.6. The Balaban J connectivity index is 1.84. The van der Waals surface area contributed by atoms with E-state index in [1.807, 2.05) is 0 Å². The molecule has 1 N–H and O–H groups in total. The number of methoxy groups -OCH3 is 3. The van der Waals surface area contributed by atoms with Gasteiger partial charge in [-0.05, 0) is 30.2 Å². The number of carbonyl (C=O) groups is 1. The van der Waals surface area contributed by atoms with Crippen LogP contribution < -0.4 is 19.5 Å². The Labute approximate surface area is 162 Å². The van der Waals surface area contributed by atoms with Crippen LogP contribution in [0.2, 0.25) is 0 Å². The second kappa shape index (κ2) is 8.56. The summed E-state index contributed by atoms with van der Waals surface area (Å²) in [6, 6.07) is 9.95. The third kappa shape index (κ3) is 4.14. The number of carbonyl (C=O) groups excluding carboxylic acids is 1. The van der Waals surface area contributed by atoms with Crippen LogP contribution in [0.3, 0.4) is 0 Å². The van der Waals surface area contributed by atoms with Crippen LogP contribution in [0.25, 0.3) is 6.08 Å². The Morgan fingerprint density at radius 3 is 2.36 bits per heavy atom. The predicted molar refractivity (Wildman–Crippen MR) is 104 cm³/mol. The number of hydrogen-bond acceptors (Lipinski definition) is 5. The number of amidine groups is 1. The van der Waals surface area contributed by atoms with E-state index in [9.17, 15) is 9.18 Å². The standard InChI is InChI=1S/C21H21FN2O4/c1-26-17-12-19(28-3)18(27-2)11-14(17)10-16-21(25)24-20(23-16)9-8-13-6-4-5-7-15(13)22/h4-7,10-12H,8-9H2,1-3H3,(H,23,24,25)/b16-10-. The van der Waals surface area contributed by atoms with E-state index in [2.05, 4.69) is 10.3 Å². The van der Waals surface area contributed by atoms with Crippen molar-refractivity contribution in [2.75, 3.05) is 21.3 Å². The van der Waals surface area contributed by atoms with Gasteiger partial charge in [-0.3, -0.25) is 4.79 Å². The third-order valence-corrected chi connectivity index (χ3v) is 4.36. The van der Waals surface area contributed by atoms with Crippen molar-refractivity contribution in [2.45, 2.75) is 12.8 Å². The number of amides is 1. The van der Waals surface area contributed by atoms with E-state index >= 15 is 0 Å². The van der Waals surface area contributed by atoms with Gasteiger partial charge in [-0.2, -0.15) is 0 Å². The number of hydrogen-bond donors (Lipinski definition) is 1. The molecule has 0 saturated heterocycles. The first-order chi connectivity index (χ1) is 13.5. The summed E-state index contributed by atoms with van der Waals surface area (Å²) in [6.45, 7) is 0. The molecule has 0 unspecified atom stereocenters.